The number of hydrogen-bond acceptors (Lipinski definition) is 2. The largest absolute Gasteiger partial charge is 0.388 e. The van der Waals surface area contributed by atoms with Gasteiger partial charge < -0.3 is 9.84 Å². The number of hydrogen-bond donors (Lipinski definition) is 1. The molecule has 2 heteroatoms. The predicted octanol–water partition coefficient (Wildman–Crippen LogP) is 3.38. The lowest BCUT2D eigenvalue weighted by Gasteiger charge is -2.13. The Morgan fingerprint density at radius 1 is 1.47 bits per heavy atom. The zero-order valence-electron chi connectivity index (χ0n) is 10.6. The van der Waals surface area contributed by atoms with Crippen LogP contribution in [0.5, 0.6) is 0 Å². The lowest BCUT2D eigenvalue weighted by molar-refractivity contribution is 0.0944. The Bertz CT molecular complexity index is 343. The molecular weight excluding hydrogens is 212 g/mol. The van der Waals surface area contributed by atoms with Crippen LogP contribution in [0.3, 0.4) is 0 Å². The highest BCUT2D eigenvalue weighted by Gasteiger charge is 2.16. The number of aliphatic hydroxyl groups excluding tert-OH is 1. The Morgan fingerprint density at radius 2 is 2.35 bits per heavy atom. The van der Waals surface area contributed by atoms with Crippen molar-refractivity contribution in [3.8, 4) is 0 Å². The molecule has 1 heterocycles. The molecule has 1 aliphatic rings. The Balaban J connectivity index is 1.74. The van der Waals surface area contributed by atoms with Crippen LogP contribution >= 0.6 is 0 Å². The van der Waals surface area contributed by atoms with Gasteiger partial charge in [0, 0.05) is 6.61 Å². The van der Waals surface area contributed by atoms with E-state index < -0.39 is 0 Å². The SMILES string of the molecule is Cc1cccc(C(O)CCCC2CCCO2)c1. The summed E-state index contributed by atoms with van der Waals surface area (Å²) in [4.78, 5) is 0. The monoisotopic (exact) mass is 234 g/mol. The van der Waals surface area contributed by atoms with Gasteiger partial charge >= 0.3 is 0 Å². The standard InChI is InChI=1S/C15H22O2/c1-12-5-2-6-13(11-12)15(16)9-3-7-14-8-4-10-17-14/h2,5-6,11,14-16H,3-4,7-10H2,1H3. The molecule has 2 rings (SSSR count). The smallest absolute Gasteiger partial charge is 0.0790 e. The van der Waals surface area contributed by atoms with E-state index in [-0.39, 0.29) is 6.10 Å². The van der Waals surface area contributed by atoms with E-state index in [0.29, 0.717) is 6.10 Å². The lowest BCUT2D eigenvalue weighted by Crippen LogP contribution is -2.06. The van der Waals surface area contributed by atoms with Crippen LogP contribution in [-0.2, 0) is 4.74 Å². The van der Waals surface area contributed by atoms with Gasteiger partial charge in [0.25, 0.3) is 0 Å². The molecule has 1 aromatic rings. The van der Waals surface area contributed by atoms with Crippen LogP contribution in [0.2, 0.25) is 0 Å². The fourth-order valence-electron chi connectivity index (χ4n) is 2.45. The third-order valence-electron chi connectivity index (χ3n) is 3.45. The van der Waals surface area contributed by atoms with Gasteiger partial charge in [0.15, 0.2) is 0 Å². The summed E-state index contributed by atoms with van der Waals surface area (Å²) in [7, 11) is 0. The minimum atomic E-state index is -0.323. The highest BCUT2D eigenvalue weighted by atomic mass is 16.5. The molecule has 0 aromatic heterocycles. The third-order valence-corrected chi connectivity index (χ3v) is 3.45. The zero-order chi connectivity index (χ0) is 12.1. The van der Waals surface area contributed by atoms with Crippen molar-refractivity contribution in [1.82, 2.24) is 0 Å². The van der Waals surface area contributed by atoms with Crippen molar-refractivity contribution < 1.29 is 9.84 Å². The number of benzene rings is 1. The number of ether oxygens (including phenoxy) is 1. The molecule has 1 N–H and O–H groups in total. The molecule has 17 heavy (non-hydrogen) atoms. The summed E-state index contributed by atoms with van der Waals surface area (Å²) in [6.07, 6.45) is 5.48. The Morgan fingerprint density at radius 3 is 3.06 bits per heavy atom. The second-order valence-corrected chi connectivity index (χ2v) is 5.00. The van der Waals surface area contributed by atoms with Crippen molar-refractivity contribution in [2.75, 3.05) is 6.61 Å². The summed E-state index contributed by atoms with van der Waals surface area (Å²) >= 11 is 0. The molecule has 0 amide bonds. The molecule has 1 aliphatic heterocycles. The summed E-state index contributed by atoms with van der Waals surface area (Å²) in [5.41, 5.74) is 2.25. The van der Waals surface area contributed by atoms with E-state index in [1.165, 1.54) is 18.4 Å². The third kappa shape index (κ3) is 3.83. The number of rotatable bonds is 5. The van der Waals surface area contributed by atoms with Gasteiger partial charge in [-0.25, -0.2) is 0 Å². The topological polar surface area (TPSA) is 29.5 Å². The minimum Gasteiger partial charge on any atom is -0.388 e. The van der Waals surface area contributed by atoms with E-state index in [2.05, 4.69) is 19.1 Å². The zero-order valence-corrected chi connectivity index (χ0v) is 10.6. The number of aryl methyl sites for hydroxylation is 1. The van der Waals surface area contributed by atoms with Gasteiger partial charge in [0.05, 0.1) is 12.2 Å². The average molecular weight is 234 g/mol. The van der Waals surface area contributed by atoms with Crippen molar-refractivity contribution in [3.05, 3.63) is 35.4 Å². The molecule has 2 nitrogen and oxygen atoms in total. The van der Waals surface area contributed by atoms with Crippen LogP contribution in [0.4, 0.5) is 0 Å². The number of aliphatic hydroxyl groups is 1. The van der Waals surface area contributed by atoms with Crippen molar-refractivity contribution in [2.24, 2.45) is 0 Å². The second kappa shape index (κ2) is 6.18. The van der Waals surface area contributed by atoms with Crippen molar-refractivity contribution in [3.63, 3.8) is 0 Å². The van der Waals surface area contributed by atoms with Crippen LogP contribution < -0.4 is 0 Å². The summed E-state index contributed by atoms with van der Waals surface area (Å²) in [6, 6.07) is 8.14. The van der Waals surface area contributed by atoms with Gasteiger partial charge in [0.2, 0.25) is 0 Å². The lowest BCUT2D eigenvalue weighted by atomic mass is 10.0. The molecule has 2 atom stereocenters. The Kier molecular flexibility index (Phi) is 4.57. The van der Waals surface area contributed by atoms with E-state index >= 15 is 0 Å². The highest BCUT2D eigenvalue weighted by Crippen LogP contribution is 2.23. The minimum absolute atomic E-state index is 0.323. The molecule has 0 saturated carbocycles. The van der Waals surface area contributed by atoms with Gasteiger partial charge in [-0.15, -0.1) is 0 Å². The maximum atomic E-state index is 10.1. The van der Waals surface area contributed by atoms with Crippen LogP contribution in [0.1, 0.15) is 49.3 Å². The summed E-state index contributed by atoms with van der Waals surface area (Å²) in [6.45, 7) is 2.98. The van der Waals surface area contributed by atoms with Gasteiger partial charge in [-0.1, -0.05) is 29.8 Å². The molecule has 0 radical (unpaired) electrons. The van der Waals surface area contributed by atoms with Gasteiger partial charge in [-0.3, -0.25) is 0 Å². The van der Waals surface area contributed by atoms with E-state index in [9.17, 15) is 5.11 Å². The Labute approximate surface area is 104 Å². The molecule has 1 aromatic carbocycles. The first kappa shape index (κ1) is 12.6. The molecular formula is C15H22O2. The maximum absolute atomic E-state index is 10.1. The first-order valence-electron chi connectivity index (χ1n) is 6.62. The van der Waals surface area contributed by atoms with Crippen molar-refractivity contribution in [2.45, 2.75) is 51.2 Å². The van der Waals surface area contributed by atoms with E-state index in [1.807, 2.05) is 12.1 Å². The summed E-state index contributed by atoms with van der Waals surface area (Å²) < 4.78 is 5.58. The van der Waals surface area contributed by atoms with Crippen molar-refractivity contribution in [1.29, 1.82) is 0 Å². The van der Waals surface area contributed by atoms with Gasteiger partial charge in [0.1, 0.15) is 0 Å². The van der Waals surface area contributed by atoms with Crippen LogP contribution in [-0.4, -0.2) is 17.8 Å². The molecule has 0 aliphatic carbocycles. The predicted molar refractivity (Wildman–Crippen MR) is 69.0 cm³/mol. The summed E-state index contributed by atoms with van der Waals surface area (Å²) in [5.74, 6) is 0. The molecule has 1 fully saturated rings. The fourth-order valence-corrected chi connectivity index (χ4v) is 2.45. The second-order valence-electron chi connectivity index (χ2n) is 5.00. The van der Waals surface area contributed by atoms with E-state index in [0.717, 1.165) is 31.4 Å². The van der Waals surface area contributed by atoms with Gasteiger partial charge in [-0.2, -0.15) is 0 Å². The molecule has 0 bridgehead atoms. The van der Waals surface area contributed by atoms with Crippen LogP contribution in [0.25, 0.3) is 0 Å². The van der Waals surface area contributed by atoms with E-state index in [4.69, 9.17) is 4.74 Å². The Hall–Kier alpha value is -0.860. The van der Waals surface area contributed by atoms with E-state index in [1.54, 1.807) is 0 Å². The average Bonchev–Trinajstić information content (AvgIpc) is 2.82. The summed E-state index contributed by atoms with van der Waals surface area (Å²) in [5, 5.41) is 10.1. The maximum Gasteiger partial charge on any atom is 0.0790 e. The van der Waals surface area contributed by atoms with Gasteiger partial charge in [-0.05, 0) is 44.6 Å². The first-order chi connectivity index (χ1) is 8.25. The molecule has 0 spiro atoms. The molecule has 94 valence electrons. The molecule has 2 unspecified atom stereocenters. The quantitative estimate of drug-likeness (QED) is 0.846. The molecule has 1 saturated heterocycles. The van der Waals surface area contributed by atoms with Crippen LogP contribution in [0.15, 0.2) is 24.3 Å². The normalized spacial score (nSPS) is 21.6. The fraction of sp³-hybridized carbons (Fsp3) is 0.600. The van der Waals surface area contributed by atoms with Crippen molar-refractivity contribution >= 4 is 0 Å². The van der Waals surface area contributed by atoms with Crippen LogP contribution in [0, 0.1) is 6.92 Å². The highest BCUT2D eigenvalue weighted by molar-refractivity contribution is 5.23. The first-order valence-corrected chi connectivity index (χ1v) is 6.62.